The van der Waals surface area contributed by atoms with Crippen molar-refractivity contribution in [3.05, 3.63) is 6.33 Å². The summed E-state index contributed by atoms with van der Waals surface area (Å²) in [5, 5.41) is 3.30. The molecule has 6 heteroatoms. The van der Waals surface area contributed by atoms with Crippen molar-refractivity contribution in [2.24, 2.45) is 5.92 Å². The molecule has 6 nitrogen and oxygen atoms in total. The first-order chi connectivity index (χ1) is 10.3. The zero-order chi connectivity index (χ0) is 15.1. The molecule has 0 bridgehead atoms. The van der Waals surface area contributed by atoms with E-state index in [2.05, 4.69) is 27.1 Å². The summed E-state index contributed by atoms with van der Waals surface area (Å²) in [5.74, 6) is 3.07. The fraction of sp³-hybridized carbons (Fsp3) is 0.733. The van der Waals surface area contributed by atoms with Crippen molar-refractivity contribution in [2.75, 3.05) is 50.7 Å². The number of hydrogen-bond donors (Lipinski definition) is 1. The van der Waals surface area contributed by atoms with Crippen molar-refractivity contribution in [3.63, 3.8) is 0 Å². The standard InChI is InChI=1S/C15H26N4O2/c1-4-7-16-14-13(21-3)15(18-11-17-14)19-8-5-12(6-9-19)10-20-2/h11-12H,4-10H2,1-3H3,(H,16,17,18). The van der Waals surface area contributed by atoms with Crippen LogP contribution in [0, 0.1) is 5.92 Å². The zero-order valence-electron chi connectivity index (χ0n) is 13.3. The van der Waals surface area contributed by atoms with Gasteiger partial charge in [-0.3, -0.25) is 0 Å². The molecule has 118 valence electrons. The Hall–Kier alpha value is -1.56. The highest BCUT2D eigenvalue weighted by Crippen LogP contribution is 2.34. The summed E-state index contributed by atoms with van der Waals surface area (Å²) in [7, 11) is 3.45. The van der Waals surface area contributed by atoms with Gasteiger partial charge < -0.3 is 19.7 Å². The quantitative estimate of drug-likeness (QED) is 0.831. The predicted octanol–water partition coefficient (Wildman–Crippen LogP) is 2.17. The average molecular weight is 294 g/mol. The van der Waals surface area contributed by atoms with Crippen molar-refractivity contribution in [1.82, 2.24) is 9.97 Å². The summed E-state index contributed by atoms with van der Waals surface area (Å²) >= 11 is 0. The van der Waals surface area contributed by atoms with Crippen LogP contribution < -0.4 is 15.0 Å². The van der Waals surface area contributed by atoms with Gasteiger partial charge in [-0.15, -0.1) is 0 Å². The number of piperidine rings is 1. The molecule has 1 N–H and O–H groups in total. The van der Waals surface area contributed by atoms with Crippen molar-refractivity contribution in [3.8, 4) is 5.75 Å². The van der Waals surface area contributed by atoms with E-state index in [0.717, 1.165) is 62.9 Å². The lowest BCUT2D eigenvalue weighted by Gasteiger charge is -2.33. The van der Waals surface area contributed by atoms with Crippen LogP contribution in [0.3, 0.4) is 0 Å². The van der Waals surface area contributed by atoms with Gasteiger partial charge in [-0.05, 0) is 25.2 Å². The van der Waals surface area contributed by atoms with Crippen molar-refractivity contribution in [1.29, 1.82) is 0 Å². The molecule has 0 amide bonds. The topological polar surface area (TPSA) is 59.5 Å². The molecule has 0 radical (unpaired) electrons. The number of nitrogens with one attached hydrogen (secondary N) is 1. The second kappa shape index (κ2) is 8.02. The minimum atomic E-state index is 0.650. The van der Waals surface area contributed by atoms with E-state index in [1.165, 1.54) is 0 Å². The lowest BCUT2D eigenvalue weighted by Crippen LogP contribution is -2.35. The van der Waals surface area contributed by atoms with Gasteiger partial charge in [0, 0.05) is 33.4 Å². The first kappa shape index (κ1) is 15.8. The van der Waals surface area contributed by atoms with Crippen LogP contribution in [0.1, 0.15) is 26.2 Å². The Kier molecular flexibility index (Phi) is 6.04. The molecule has 0 saturated carbocycles. The number of hydrogen-bond acceptors (Lipinski definition) is 6. The monoisotopic (exact) mass is 294 g/mol. The van der Waals surface area contributed by atoms with Gasteiger partial charge in [0.1, 0.15) is 6.33 Å². The highest BCUT2D eigenvalue weighted by molar-refractivity contribution is 5.64. The molecule has 1 aromatic heterocycles. The highest BCUT2D eigenvalue weighted by atomic mass is 16.5. The molecule has 0 aromatic carbocycles. The summed E-state index contributed by atoms with van der Waals surface area (Å²) in [5.41, 5.74) is 0. The third-order valence-electron chi connectivity index (χ3n) is 3.85. The van der Waals surface area contributed by atoms with Crippen LogP contribution in [-0.4, -0.2) is 50.4 Å². The molecule has 0 atom stereocenters. The first-order valence-corrected chi connectivity index (χ1v) is 7.66. The summed E-state index contributed by atoms with van der Waals surface area (Å²) in [6.07, 6.45) is 4.90. The molecular weight excluding hydrogens is 268 g/mol. The number of ether oxygens (including phenoxy) is 2. The van der Waals surface area contributed by atoms with E-state index in [1.54, 1.807) is 20.5 Å². The largest absolute Gasteiger partial charge is 0.490 e. The Bertz CT molecular complexity index is 434. The normalized spacial score (nSPS) is 16.0. The smallest absolute Gasteiger partial charge is 0.204 e. The lowest BCUT2D eigenvalue weighted by atomic mass is 9.98. The molecule has 1 aromatic rings. The van der Waals surface area contributed by atoms with Crippen molar-refractivity contribution >= 4 is 11.6 Å². The first-order valence-electron chi connectivity index (χ1n) is 7.66. The summed E-state index contributed by atoms with van der Waals surface area (Å²) in [6, 6.07) is 0. The van der Waals surface area contributed by atoms with Crippen LogP contribution in [0.2, 0.25) is 0 Å². The second-order valence-electron chi connectivity index (χ2n) is 5.39. The van der Waals surface area contributed by atoms with Crippen LogP contribution in [0.25, 0.3) is 0 Å². The molecule has 0 aliphatic carbocycles. The molecule has 2 heterocycles. The SMILES string of the molecule is CCCNc1ncnc(N2CCC(COC)CC2)c1OC. The highest BCUT2D eigenvalue weighted by Gasteiger charge is 2.24. The van der Waals surface area contributed by atoms with Crippen LogP contribution in [0.15, 0.2) is 6.33 Å². The summed E-state index contributed by atoms with van der Waals surface area (Å²) < 4.78 is 10.8. The number of rotatable bonds is 7. The third-order valence-corrected chi connectivity index (χ3v) is 3.85. The zero-order valence-corrected chi connectivity index (χ0v) is 13.3. The minimum absolute atomic E-state index is 0.650. The van der Waals surface area contributed by atoms with Gasteiger partial charge in [0.15, 0.2) is 11.6 Å². The van der Waals surface area contributed by atoms with Crippen LogP contribution >= 0.6 is 0 Å². The molecule has 1 aliphatic heterocycles. The van der Waals surface area contributed by atoms with E-state index in [-0.39, 0.29) is 0 Å². The van der Waals surface area contributed by atoms with Gasteiger partial charge in [-0.2, -0.15) is 0 Å². The molecule has 0 spiro atoms. The van der Waals surface area contributed by atoms with Gasteiger partial charge in [0.25, 0.3) is 0 Å². The van der Waals surface area contributed by atoms with Crippen LogP contribution in [0.5, 0.6) is 5.75 Å². The molecule has 21 heavy (non-hydrogen) atoms. The van der Waals surface area contributed by atoms with Crippen LogP contribution in [0.4, 0.5) is 11.6 Å². The second-order valence-corrected chi connectivity index (χ2v) is 5.39. The Balaban J connectivity index is 2.09. The molecular formula is C15H26N4O2. The predicted molar refractivity (Wildman–Crippen MR) is 84.2 cm³/mol. The van der Waals surface area contributed by atoms with Crippen LogP contribution in [-0.2, 0) is 4.74 Å². The third kappa shape index (κ3) is 3.97. The number of nitrogens with zero attached hydrogens (tertiary/aromatic N) is 3. The van der Waals surface area contributed by atoms with Crippen molar-refractivity contribution in [2.45, 2.75) is 26.2 Å². The van der Waals surface area contributed by atoms with Gasteiger partial charge >= 0.3 is 0 Å². The van der Waals surface area contributed by atoms with Gasteiger partial charge in [0.2, 0.25) is 5.75 Å². The maximum atomic E-state index is 5.55. The maximum Gasteiger partial charge on any atom is 0.204 e. The number of anilines is 2. The van der Waals surface area contributed by atoms with E-state index in [9.17, 15) is 0 Å². The molecule has 1 fully saturated rings. The average Bonchev–Trinajstić information content (AvgIpc) is 2.53. The number of aromatic nitrogens is 2. The number of methoxy groups -OCH3 is 2. The fourth-order valence-corrected chi connectivity index (χ4v) is 2.69. The van der Waals surface area contributed by atoms with E-state index >= 15 is 0 Å². The van der Waals surface area contributed by atoms with E-state index < -0.39 is 0 Å². The van der Waals surface area contributed by atoms with E-state index in [0.29, 0.717) is 5.92 Å². The molecule has 1 aliphatic rings. The molecule has 0 unspecified atom stereocenters. The Morgan fingerprint density at radius 1 is 1.29 bits per heavy atom. The Morgan fingerprint density at radius 2 is 2.05 bits per heavy atom. The lowest BCUT2D eigenvalue weighted by molar-refractivity contribution is 0.139. The molecule has 2 rings (SSSR count). The molecule has 1 saturated heterocycles. The van der Waals surface area contributed by atoms with Gasteiger partial charge in [-0.25, -0.2) is 9.97 Å². The maximum absolute atomic E-state index is 5.55. The van der Waals surface area contributed by atoms with Gasteiger partial charge in [-0.1, -0.05) is 6.92 Å². The minimum Gasteiger partial charge on any atom is -0.490 e. The Labute approximate surface area is 126 Å². The Morgan fingerprint density at radius 3 is 2.67 bits per heavy atom. The fourth-order valence-electron chi connectivity index (χ4n) is 2.69. The summed E-state index contributed by atoms with van der Waals surface area (Å²) in [4.78, 5) is 11.0. The van der Waals surface area contributed by atoms with E-state index in [4.69, 9.17) is 9.47 Å². The van der Waals surface area contributed by atoms with E-state index in [1.807, 2.05) is 0 Å². The summed E-state index contributed by atoms with van der Waals surface area (Å²) in [6.45, 7) is 5.81. The van der Waals surface area contributed by atoms with Crippen molar-refractivity contribution < 1.29 is 9.47 Å². The van der Waals surface area contributed by atoms with Gasteiger partial charge in [0.05, 0.1) is 7.11 Å².